The highest BCUT2D eigenvalue weighted by Gasteiger charge is 2.56. The maximum absolute atomic E-state index is 13.9. The van der Waals surface area contributed by atoms with E-state index in [2.05, 4.69) is 0 Å². The molecule has 2 amide bonds. The standard InChI is InChI=1S/C31H25NO8/c1-14-10-23(34)22-13-21-18(25(27(22)28(14)35)19-7-6-17(33)12-24(19)40-2)8-9-20-26(21)30(37)32(29(20)36)16-5-3-4-15(11-16)31(38)39/h3-8,10-12,20-21,25-26,33H,9,13H2,1-2H3,(H,38,39). The molecule has 1 heterocycles. The van der Waals surface area contributed by atoms with Crippen LogP contribution in [0.15, 0.2) is 76.9 Å². The van der Waals surface area contributed by atoms with Crippen LogP contribution in [0.3, 0.4) is 0 Å². The number of fused-ring (bicyclic) bond motifs is 3. The molecule has 0 saturated carbocycles. The Morgan fingerprint density at radius 1 is 1.02 bits per heavy atom. The van der Waals surface area contributed by atoms with E-state index in [-0.39, 0.29) is 41.4 Å². The van der Waals surface area contributed by atoms with E-state index < -0.39 is 41.5 Å². The number of carbonyl (C=O) groups excluding carboxylic acids is 4. The number of rotatable bonds is 4. The lowest BCUT2D eigenvalue weighted by molar-refractivity contribution is -0.123. The summed E-state index contributed by atoms with van der Waals surface area (Å²) >= 11 is 0. The van der Waals surface area contributed by atoms with Gasteiger partial charge in [-0.05, 0) is 56.0 Å². The number of ketones is 2. The third-order valence-corrected chi connectivity index (χ3v) is 8.44. The third kappa shape index (κ3) is 3.65. The average Bonchev–Trinajstić information content (AvgIpc) is 3.20. The molecule has 2 aromatic carbocycles. The summed E-state index contributed by atoms with van der Waals surface area (Å²) in [5.41, 5.74) is 2.41. The first-order valence-corrected chi connectivity index (χ1v) is 12.9. The number of carbonyl (C=O) groups is 5. The van der Waals surface area contributed by atoms with Crippen molar-refractivity contribution < 1.29 is 38.9 Å². The van der Waals surface area contributed by atoms with Crippen molar-refractivity contribution >= 4 is 35.0 Å². The van der Waals surface area contributed by atoms with Gasteiger partial charge in [0, 0.05) is 34.3 Å². The van der Waals surface area contributed by atoms with E-state index in [0.29, 0.717) is 28.0 Å². The molecule has 1 fully saturated rings. The van der Waals surface area contributed by atoms with Crippen molar-refractivity contribution in [3.63, 3.8) is 0 Å². The number of Topliss-reactive ketones (excluding diaryl/α,β-unsaturated/α-hetero) is 1. The Morgan fingerprint density at radius 2 is 1.80 bits per heavy atom. The monoisotopic (exact) mass is 539 g/mol. The number of ether oxygens (including phenoxy) is 1. The van der Waals surface area contributed by atoms with Crippen molar-refractivity contribution in [3.05, 3.63) is 88.0 Å². The Kier molecular flexibility index (Phi) is 5.83. The highest BCUT2D eigenvalue weighted by molar-refractivity contribution is 6.25. The second-order valence-electron chi connectivity index (χ2n) is 10.5. The molecule has 6 rings (SSSR count). The number of carboxylic acid groups (broad SMARTS) is 1. The number of imide groups is 1. The van der Waals surface area contributed by atoms with Crippen molar-refractivity contribution in [2.75, 3.05) is 12.0 Å². The fourth-order valence-electron chi connectivity index (χ4n) is 6.69. The van der Waals surface area contributed by atoms with Gasteiger partial charge in [-0.3, -0.25) is 24.1 Å². The van der Waals surface area contributed by atoms with Gasteiger partial charge in [-0.1, -0.05) is 23.8 Å². The van der Waals surface area contributed by atoms with Crippen molar-refractivity contribution in [3.8, 4) is 11.5 Å². The largest absolute Gasteiger partial charge is 0.508 e. The number of allylic oxidation sites excluding steroid dienone is 6. The fourth-order valence-corrected chi connectivity index (χ4v) is 6.69. The molecule has 4 atom stereocenters. The molecule has 1 saturated heterocycles. The molecular weight excluding hydrogens is 514 g/mol. The van der Waals surface area contributed by atoms with E-state index in [1.807, 2.05) is 6.08 Å². The van der Waals surface area contributed by atoms with Crippen LogP contribution in [0.4, 0.5) is 5.69 Å². The number of benzene rings is 2. The quantitative estimate of drug-likeness (QED) is 0.341. The number of hydrogen-bond acceptors (Lipinski definition) is 7. The fraction of sp³-hybridized carbons (Fsp3) is 0.258. The SMILES string of the molecule is COc1cc(O)ccc1C1C2=CCC3C(=O)N(c4cccc(C(=O)O)c4)C(=O)C3C2CC2=C1C(=O)C(C)=CC2=O. The summed E-state index contributed by atoms with van der Waals surface area (Å²) in [6, 6.07) is 10.3. The number of phenolic OH excluding ortho intramolecular Hbond substituents is 1. The highest BCUT2D eigenvalue weighted by Crippen LogP contribution is 2.56. The normalized spacial score (nSPS) is 25.7. The Labute approximate surface area is 229 Å². The number of nitrogens with zero attached hydrogens (tertiary/aromatic N) is 1. The minimum atomic E-state index is -1.18. The minimum absolute atomic E-state index is 0.0298. The van der Waals surface area contributed by atoms with E-state index in [9.17, 15) is 34.2 Å². The predicted molar refractivity (Wildman–Crippen MR) is 142 cm³/mol. The molecule has 4 aliphatic rings. The van der Waals surface area contributed by atoms with Crippen LogP contribution in [0.25, 0.3) is 0 Å². The summed E-state index contributed by atoms with van der Waals surface area (Å²) in [4.78, 5) is 66.9. The number of aromatic carboxylic acids is 1. The van der Waals surface area contributed by atoms with Crippen molar-refractivity contribution in [1.29, 1.82) is 0 Å². The molecule has 1 aliphatic heterocycles. The molecule has 9 nitrogen and oxygen atoms in total. The summed E-state index contributed by atoms with van der Waals surface area (Å²) in [6.07, 6.45) is 3.56. The van der Waals surface area contributed by atoms with Crippen LogP contribution in [0.1, 0.15) is 41.6 Å². The second kappa shape index (κ2) is 9.15. The van der Waals surface area contributed by atoms with Crippen LogP contribution in [0.2, 0.25) is 0 Å². The van der Waals surface area contributed by atoms with Gasteiger partial charge in [-0.2, -0.15) is 0 Å². The number of hydrogen-bond donors (Lipinski definition) is 2. The number of phenols is 1. The van der Waals surface area contributed by atoms with Crippen molar-refractivity contribution in [2.24, 2.45) is 17.8 Å². The summed E-state index contributed by atoms with van der Waals surface area (Å²) in [7, 11) is 1.44. The zero-order valence-corrected chi connectivity index (χ0v) is 21.7. The van der Waals surface area contributed by atoms with Gasteiger partial charge >= 0.3 is 5.97 Å². The van der Waals surface area contributed by atoms with Crippen molar-refractivity contribution in [1.82, 2.24) is 0 Å². The van der Waals surface area contributed by atoms with E-state index >= 15 is 0 Å². The van der Waals surface area contributed by atoms with Crippen LogP contribution < -0.4 is 9.64 Å². The van der Waals surface area contributed by atoms with Crippen LogP contribution in [0, 0.1) is 17.8 Å². The molecule has 202 valence electrons. The zero-order valence-electron chi connectivity index (χ0n) is 21.7. The summed E-state index contributed by atoms with van der Waals surface area (Å²) in [6.45, 7) is 1.59. The maximum Gasteiger partial charge on any atom is 0.335 e. The number of aromatic hydroxyl groups is 1. The van der Waals surface area contributed by atoms with Crippen molar-refractivity contribution in [2.45, 2.75) is 25.7 Å². The van der Waals surface area contributed by atoms with Gasteiger partial charge in [0.05, 0.1) is 30.2 Å². The molecule has 0 aromatic heterocycles. The Hall–Kier alpha value is -4.79. The first kappa shape index (κ1) is 25.5. The topological polar surface area (TPSA) is 138 Å². The molecule has 9 heteroatoms. The molecule has 0 radical (unpaired) electrons. The number of amides is 2. The number of methoxy groups -OCH3 is 1. The molecule has 0 spiro atoms. The van der Waals surface area contributed by atoms with Gasteiger partial charge in [0.2, 0.25) is 11.8 Å². The lowest BCUT2D eigenvalue weighted by atomic mass is 9.59. The Morgan fingerprint density at radius 3 is 2.52 bits per heavy atom. The van der Waals surface area contributed by atoms with Gasteiger partial charge in [0.15, 0.2) is 11.6 Å². The smallest absolute Gasteiger partial charge is 0.335 e. The number of carboxylic acids is 1. The first-order chi connectivity index (χ1) is 19.1. The lowest BCUT2D eigenvalue weighted by Gasteiger charge is -2.42. The van der Waals surface area contributed by atoms with Gasteiger partial charge in [0.25, 0.3) is 0 Å². The minimum Gasteiger partial charge on any atom is -0.508 e. The van der Waals surface area contributed by atoms with Crippen LogP contribution in [0.5, 0.6) is 11.5 Å². The van der Waals surface area contributed by atoms with Gasteiger partial charge in [-0.15, -0.1) is 0 Å². The maximum atomic E-state index is 13.9. The molecule has 4 unspecified atom stereocenters. The van der Waals surface area contributed by atoms with Gasteiger partial charge in [0.1, 0.15) is 11.5 Å². The summed E-state index contributed by atoms with van der Waals surface area (Å²) in [5.74, 6) is -5.08. The van der Waals surface area contributed by atoms with E-state index in [0.717, 1.165) is 10.5 Å². The van der Waals surface area contributed by atoms with Crippen LogP contribution in [-0.4, -0.2) is 46.7 Å². The zero-order chi connectivity index (χ0) is 28.5. The van der Waals surface area contributed by atoms with E-state index in [1.54, 1.807) is 13.0 Å². The first-order valence-electron chi connectivity index (χ1n) is 12.9. The molecule has 40 heavy (non-hydrogen) atoms. The van der Waals surface area contributed by atoms with Crippen LogP contribution >= 0.6 is 0 Å². The Bertz CT molecular complexity index is 1640. The van der Waals surface area contributed by atoms with Gasteiger partial charge < -0.3 is 14.9 Å². The average molecular weight is 540 g/mol. The van der Waals surface area contributed by atoms with E-state index in [1.165, 1.54) is 49.6 Å². The molecule has 2 aromatic rings. The molecule has 3 aliphatic carbocycles. The third-order valence-electron chi connectivity index (χ3n) is 8.44. The predicted octanol–water partition coefficient (Wildman–Crippen LogP) is 3.73. The molecule has 2 N–H and O–H groups in total. The van der Waals surface area contributed by atoms with Gasteiger partial charge in [-0.25, -0.2) is 4.79 Å². The second-order valence-corrected chi connectivity index (χ2v) is 10.5. The molecule has 0 bridgehead atoms. The van der Waals surface area contributed by atoms with Crippen LogP contribution in [-0.2, 0) is 19.2 Å². The summed E-state index contributed by atoms with van der Waals surface area (Å²) in [5, 5.41) is 19.5. The number of anilines is 1. The Balaban J connectivity index is 1.49. The summed E-state index contributed by atoms with van der Waals surface area (Å²) < 4.78 is 5.56. The molecular formula is C31H25NO8. The van der Waals surface area contributed by atoms with E-state index in [4.69, 9.17) is 4.74 Å². The highest BCUT2D eigenvalue weighted by atomic mass is 16.5. The lowest BCUT2D eigenvalue weighted by Crippen LogP contribution is -2.40.